The third kappa shape index (κ3) is 6.64. The molecular weight excluding hydrogens is 254 g/mol. The van der Waals surface area contributed by atoms with E-state index in [-0.39, 0.29) is 0 Å². The van der Waals surface area contributed by atoms with E-state index >= 15 is 0 Å². The van der Waals surface area contributed by atoms with Gasteiger partial charge in [-0.2, -0.15) is 5.26 Å². The van der Waals surface area contributed by atoms with E-state index in [1.165, 1.54) is 0 Å². The second-order valence-corrected chi connectivity index (χ2v) is 5.40. The van der Waals surface area contributed by atoms with Crippen LogP contribution in [0.2, 0.25) is 0 Å². The third-order valence-corrected chi connectivity index (χ3v) is 2.36. The van der Waals surface area contributed by atoms with Crippen molar-refractivity contribution in [2.24, 2.45) is 0 Å². The molecule has 0 aliphatic carbocycles. The molecule has 0 atom stereocenters. The van der Waals surface area contributed by atoms with Crippen LogP contribution in [0.15, 0.2) is 24.3 Å². The monoisotopic (exact) mass is 275 g/mol. The predicted octanol–water partition coefficient (Wildman–Crippen LogP) is 2.88. The summed E-state index contributed by atoms with van der Waals surface area (Å²) in [7, 11) is 0. The van der Waals surface area contributed by atoms with E-state index in [4.69, 9.17) is 10.00 Å². The van der Waals surface area contributed by atoms with Crippen LogP contribution in [0.5, 0.6) is 0 Å². The topological polar surface area (TPSA) is 74.2 Å². The highest BCUT2D eigenvalue weighted by molar-refractivity contribution is 5.67. The van der Waals surface area contributed by atoms with Crippen LogP contribution in [0.1, 0.15) is 32.8 Å². The van der Waals surface area contributed by atoms with Crippen LogP contribution in [0, 0.1) is 11.3 Å². The number of carbonyl (C=O) groups is 1. The Morgan fingerprint density at radius 3 is 2.45 bits per heavy atom. The lowest BCUT2D eigenvalue weighted by Gasteiger charge is -2.19. The van der Waals surface area contributed by atoms with Gasteiger partial charge < -0.3 is 15.4 Å². The summed E-state index contributed by atoms with van der Waals surface area (Å²) in [6, 6.07) is 9.32. The molecule has 0 saturated carbocycles. The smallest absolute Gasteiger partial charge is 0.407 e. The number of alkyl carbamates (subject to hydrolysis) is 1. The molecule has 1 aromatic rings. The molecular formula is C15H21N3O2. The third-order valence-electron chi connectivity index (χ3n) is 2.36. The van der Waals surface area contributed by atoms with E-state index in [0.717, 1.165) is 18.7 Å². The van der Waals surface area contributed by atoms with Gasteiger partial charge in [-0.3, -0.25) is 0 Å². The summed E-state index contributed by atoms with van der Waals surface area (Å²) in [6.07, 6.45) is 0.398. The van der Waals surface area contributed by atoms with E-state index in [9.17, 15) is 4.79 Å². The van der Waals surface area contributed by atoms with Gasteiger partial charge in [-0.25, -0.2) is 4.79 Å². The van der Waals surface area contributed by atoms with Gasteiger partial charge in [0.25, 0.3) is 0 Å². The van der Waals surface area contributed by atoms with Gasteiger partial charge in [0.15, 0.2) is 0 Å². The minimum absolute atomic E-state index is 0.393. The summed E-state index contributed by atoms with van der Waals surface area (Å²) in [5.41, 5.74) is 1.13. The number of amides is 1. The molecule has 0 unspecified atom stereocenters. The van der Waals surface area contributed by atoms with Crippen molar-refractivity contribution in [3.63, 3.8) is 0 Å². The van der Waals surface area contributed by atoms with E-state index in [1.54, 1.807) is 12.1 Å². The van der Waals surface area contributed by atoms with Gasteiger partial charge in [-0.1, -0.05) is 0 Å². The standard InChI is InChI=1S/C15H21N3O2/c1-15(2,3)20-14(19)18-10-4-9-17-13-7-5-12(11-16)6-8-13/h5-8,17H,4,9-10H2,1-3H3,(H,18,19). The van der Waals surface area contributed by atoms with E-state index in [0.29, 0.717) is 12.1 Å². The van der Waals surface area contributed by atoms with Crippen LogP contribution < -0.4 is 10.6 Å². The number of anilines is 1. The summed E-state index contributed by atoms with van der Waals surface area (Å²) in [5.74, 6) is 0. The van der Waals surface area contributed by atoms with Gasteiger partial charge in [-0.15, -0.1) is 0 Å². The molecule has 5 heteroatoms. The summed E-state index contributed by atoms with van der Waals surface area (Å²) in [5, 5.41) is 14.6. The molecule has 0 heterocycles. The van der Waals surface area contributed by atoms with Gasteiger partial charge in [0, 0.05) is 18.8 Å². The maximum atomic E-state index is 11.4. The second kappa shape index (κ2) is 7.39. The molecule has 5 nitrogen and oxygen atoms in total. The fourth-order valence-corrected chi connectivity index (χ4v) is 1.49. The van der Waals surface area contributed by atoms with Crippen LogP contribution in [0.25, 0.3) is 0 Å². The number of hydrogen-bond donors (Lipinski definition) is 2. The molecule has 1 amide bonds. The first-order valence-corrected chi connectivity index (χ1v) is 6.61. The number of nitriles is 1. The van der Waals surface area contributed by atoms with Crippen molar-refractivity contribution in [3.8, 4) is 6.07 Å². The highest BCUT2D eigenvalue weighted by Gasteiger charge is 2.15. The van der Waals surface area contributed by atoms with Crippen molar-refractivity contribution in [1.82, 2.24) is 5.32 Å². The first kappa shape index (κ1) is 15.8. The lowest BCUT2D eigenvalue weighted by Crippen LogP contribution is -2.33. The zero-order valence-electron chi connectivity index (χ0n) is 12.2. The zero-order chi connectivity index (χ0) is 15.0. The molecule has 0 bridgehead atoms. The largest absolute Gasteiger partial charge is 0.444 e. The molecule has 0 fully saturated rings. The van der Waals surface area contributed by atoms with E-state index in [1.807, 2.05) is 32.9 Å². The highest BCUT2D eigenvalue weighted by Crippen LogP contribution is 2.08. The van der Waals surface area contributed by atoms with Crippen LogP contribution in [0.4, 0.5) is 10.5 Å². The van der Waals surface area contributed by atoms with Crippen molar-refractivity contribution < 1.29 is 9.53 Å². The van der Waals surface area contributed by atoms with Crippen molar-refractivity contribution in [3.05, 3.63) is 29.8 Å². The van der Waals surface area contributed by atoms with Crippen molar-refractivity contribution >= 4 is 11.8 Å². The summed E-state index contributed by atoms with van der Waals surface area (Å²) in [6.45, 7) is 6.79. The minimum atomic E-state index is -0.467. The van der Waals surface area contributed by atoms with Crippen LogP contribution in [-0.2, 0) is 4.74 Å². The average Bonchev–Trinajstić information content (AvgIpc) is 2.37. The predicted molar refractivity (Wildman–Crippen MR) is 78.5 cm³/mol. The number of rotatable bonds is 5. The van der Waals surface area contributed by atoms with E-state index < -0.39 is 11.7 Å². The Labute approximate surface area is 119 Å². The minimum Gasteiger partial charge on any atom is -0.444 e. The second-order valence-electron chi connectivity index (χ2n) is 5.40. The quantitative estimate of drug-likeness (QED) is 0.810. The number of carbonyl (C=O) groups excluding carboxylic acids is 1. The maximum Gasteiger partial charge on any atom is 0.407 e. The first-order valence-electron chi connectivity index (χ1n) is 6.61. The Kier molecular flexibility index (Phi) is 5.85. The number of nitrogens with one attached hydrogen (secondary N) is 2. The van der Waals surface area contributed by atoms with Gasteiger partial charge in [0.1, 0.15) is 5.60 Å². The molecule has 1 rings (SSSR count). The molecule has 2 N–H and O–H groups in total. The Bertz CT molecular complexity index is 469. The number of ether oxygens (including phenoxy) is 1. The molecule has 108 valence electrons. The summed E-state index contributed by atoms with van der Waals surface area (Å²) >= 11 is 0. The molecule has 0 spiro atoms. The fourth-order valence-electron chi connectivity index (χ4n) is 1.49. The summed E-state index contributed by atoms with van der Waals surface area (Å²) in [4.78, 5) is 11.4. The fraction of sp³-hybridized carbons (Fsp3) is 0.467. The van der Waals surface area contributed by atoms with Crippen LogP contribution in [-0.4, -0.2) is 24.8 Å². The Balaban J connectivity index is 2.16. The van der Waals surface area contributed by atoms with Gasteiger partial charge in [0.05, 0.1) is 11.6 Å². The number of nitrogens with zero attached hydrogens (tertiary/aromatic N) is 1. The van der Waals surface area contributed by atoms with Crippen molar-refractivity contribution in [1.29, 1.82) is 5.26 Å². The maximum absolute atomic E-state index is 11.4. The lowest BCUT2D eigenvalue weighted by molar-refractivity contribution is 0.0528. The Morgan fingerprint density at radius 1 is 1.25 bits per heavy atom. The molecule has 0 radical (unpaired) electrons. The van der Waals surface area contributed by atoms with Gasteiger partial charge in [0.2, 0.25) is 0 Å². The van der Waals surface area contributed by atoms with Gasteiger partial charge >= 0.3 is 6.09 Å². The lowest BCUT2D eigenvalue weighted by atomic mass is 10.2. The van der Waals surface area contributed by atoms with E-state index in [2.05, 4.69) is 16.7 Å². The van der Waals surface area contributed by atoms with Crippen molar-refractivity contribution in [2.45, 2.75) is 32.8 Å². The summed E-state index contributed by atoms with van der Waals surface area (Å²) < 4.78 is 5.13. The molecule has 1 aromatic carbocycles. The number of hydrogen-bond acceptors (Lipinski definition) is 4. The molecule has 0 aliphatic heterocycles. The van der Waals surface area contributed by atoms with Gasteiger partial charge in [-0.05, 0) is 51.5 Å². The number of benzene rings is 1. The average molecular weight is 275 g/mol. The molecule has 0 aliphatic rings. The van der Waals surface area contributed by atoms with Crippen LogP contribution in [0.3, 0.4) is 0 Å². The zero-order valence-corrected chi connectivity index (χ0v) is 12.2. The molecule has 0 aromatic heterocycles. The Morgan fingerprint density at radius 2 is 1.90 bits per heavy atom. The first-order chi connectivity index (χ1) is 9.40. The SMILES string of the molecule is CC(C)(C)OC(=O)NCCCNc1ccc(C#N)cc1. The van der Waals surface area contributed by atoms with Crippen LogP contribution >= 0.6 is 0 Å². The highest BCUT2D eigenvalue weighted by atomic mass is 16.6. The normalized spacial score (nSPS) is 10.5. The Hall–Kier alpha value is -2.22. The molecule has 0 saturated heterocycles. The molecule has 20 heavy (non-hydrogen) atoms. The van der Waals surface area contributed by atoms with Crippen molar-refractivity contribution in [2.75, 3.05) is 18.4 Å².